The molecule has 0 fully saturated rings. The summed E-state index contributed by atoms with van der Waals surface area (Å²) < 4.78 is 14.4. The topological polar surface area (TPSA) is 24.9 Å². The zero-order chi connectivity index (χ0) is 16.8. The Bertz CT molecular complexity index is 1120. The van der Waals surface area contributed by atoms with E-state index in [1.165, 1.54) is 27.8 Å². The first kappa shape index (κ1) is 14.6. The lowest BCUT2D eigenvalue weighted by Crippen LogP contribution is -2.25. The van der Waals surface area contributed by atoms with Crippen molar-refractivity contribution in [1.82, 2.24) is 10.3 Å². The molecular formula is C22H17FN2. The molecule has 25 heavy (non-hydrogen) atoms. The van der Waals surface area contributed by atoms with Gasteiger partial charge in [-0.05, 0) is 53.1 Å². The van der Waals surface area contributed by atoms with Gasteiger partial charge in [0.2, 0.25) is 0 Å². The number of aromatic nitrogens is 1. The highest BCUT2D eigenvalue weighted by atomic mass is 19.1. The summed E-state index contributed by atoms with van der Waals surface area (Å²) >= 11 is 0. The van der Waals surface area contributed by atoms with Gasteiger partial charge in [-0.3, -0.25) is 0 Å². The van der Waals surface area contributed by atoms with Gasteiger partial charge in [0.1, 0.15) is 5.82 Å². The summed E-state index contributed by atoms with van der Waals surface area (Å²) in [5, 5.41) is 7.08. The van der Waals surface area contributed by atoms with E-state index < -0.39 is 0 Å². The largest absolute Gasteiger partial charge is 0.312 e. The monoisotopic (exact) mass is 328 g/mol. The molecule has 0 unspecified atom stereocenters. The summed E-state index contributed by atoms with van der Waals surface area (Å²) in [6.45, 7) is 1.66. The Morgan fingerprint density at radius 1 is 0.880 bits per heavy atom. The fourth-order valence-corrected chi connectivity index (χ4v) is 3.92. The van der Waals surface area contributed by atoms with E-state index in [4.69, 9.17) is 4.98 Å². The predicted molar refractivity (Wildman–Crippen MR) is 100 cm³/mol. The summed E-state index contributed by atoms with van der Waals surface area (Å²) in [4.78, 5) is 4.89. The molecule has 122 valence electrons. The van der Waals surface area contributed by atoms with Crippen LogP contribution in [0.25, 0.3) is 32.9 Å². The molecule has 0 spiro atoms. The summed E-state index contributed by atoms with van der Waals surface area (Å²) in [7, 11) is 0. The quantitative estimate of drug-likeness (QED) is 0.506. The molecule has 1 N–H and O–H groups in total. The number of nitrogens with one attached hydrogen (secondary N) is 1. The van der Waals surface area contributed by atoms with Gasteiger partial charge in [0.15, 0.2) is 0 Å². The molecule has 2 heterocycles. The van der Waals surface area contributed by atoms with E-state index >= 15 is 0 Å². The minimum Gasteiger partial charge on any atom is -0.312 e. The van der Waals surface area contributed by atoms with Gasteiger partial charge in [-0.25, -0.2) is 9.37 Å². The average molecular weight is 328 g/mol. The van der Waals surface area contributed by atoms with E-state index in [0.29, 0.717) is 5.56 Å². The van der Waals surface area contributed by atoms with Crippen molar-refractivity contribution in [2.75, 3.05) is 6.54 Å². The minimum absolute atomic E-state index is 0.220. The molecule has 0 atom stereocenters. The molecule has 3 heteroatoms. The molecule has 2 nitrogen and oxygen atoms in total. The van der Waals surface area contributed by atoms with Crippen molar-refractivity contribution in [3.63, 3.8) is 0 Å². The van der Waals surface area contributed by atoms with Crippen molar-refractivity contribution < 1.29 is 4.39 Å². The molecule has 0 amide bonds. The Morgan fingerprint density at radius 3 is 2.64 bits per heavy atom. The standard InChI is InChI=1S/C22H17FN2/c23-19-8-4-3-7-17(19)22-18-13-24-12-11-16(18)21-15-6-2-1-5-14(15)9-10-20(21)25-22/h1-10,24H,11-13H2. The minimum atomic E-state index is -0.220. The van der Waals surface area contributed by atoms with Crippen LogP contribution in [0.3, 0.4) is 0 Å². The van der Waals surface area contributed by atoms with Crippen LogP contribution in [0, 0.1) is 5.82 Å². The number of nitrogens with zero attached hydrogens (tertiary/aromatic N) is 1. The van der Waals surface area contributed by atoms with Crippen molar-refractivity contribution in [2.45, 2.75) is 13.0 Å². The third kappa shape index (κ3) is 2.24. The number of hydrogen-bond donors (Lipinski definition) is 1. The first-order valence-corrected chi connectivity index (χ1v) is 8.62. The van der Waals surface area contributed by atoms with E-state index in [0.717, 1.165) is 36.3 Å². The van der Waals surface area contributed by atoms with Crippen LogP contribution < -0.4 is 5.32 Å². The van der Waals surface area contributed by atoms with E-state index in [1.807, 2.05) is 12.1 Å². The lowest BCUT2D eigenvalue weighted by atomic mass is 9.90. The molecule has 0 saturated heterocycles. The smallest absolute Gasteiger partial charge is 0.132 e. The molecule has 0 radical (unpaired) electrons. The van der Waals surface area contributed by atoms with Crippen LogP contribution in [0.5, 0.6) is 0 Å². The summed E-state index contributed by atoms with van der Waals surface area (Å²) in [5.41, 5.74) is 4.72. The normalized spacial score (nSPS) is 14.0. The second-order valence-corrected chi connectivity index (χ2v) is 6.50. The Balaban J connectivity index is 1.93. The average Bonchev–Trinajstić information content (AvgIpc) is 2.67. The Morgan fingerprint density at radius 2 is 1.72 bits per heavy atom. The van der Waals surface area contributed by atoms with Crippen molar-refractivity contribution in [3.05, 3.63) is 77.6 Å². The zero-order valence-corrected chi connectivity index (χ0v) is 13.7. The molecule has 5 rings (SSSR count). The first-order valence-electron chi connectivity index (χ1n) is 8.62. The highest BCUT2D eigenvalue weighted by Crippen LogP contribution is 2.36. The van der Waals surface area contributed by atoms with Crippen molar-refractivity contribution >= 4 is 21.7 Å². The third-order valence-corrected chi connectivity index (χ3v) is 5.07. The van der Waals surface area contributed by atoms with Crippen LogP contribution in [0.15, 0.2) is 60.7 Å². The van der Waals surface area contributed by atoms with Gasteiger partial charge in [-0.1, -0.05) is 42.5 Å². The predicted octanol–water partition coefficient (Wildman–Crippen LogP) is 4.84. The molecule has 1 aromatic heterocycles. The highest BCUT2D eigenvalue weighted by Gasteiger charge is 2.21. The molecule has 1 aliphatic rings. The van der Waals surface area contributed by atoms with E-state index in [-0.39, 0.29) is 5.82 Å². The Labute approximate surface area is 145 Å². The van der Waals surface area contributed by atoms with Crippen molar-refractivity contribution in [3.8, 4) is 11.3 Å². The van der Waals surface area contributed by atoms with Crippen molar-refractivity contribution in [1.29, 1.82) is 0 Å². The van der Waals surface area contributed by atoms with Gasteiger partial charge in [-0.15, -0.1) is 0 Å². The molecule has 3 aromatic carbocycles. The number of rotatable bonds is 1. The van der Waals surface area contributed by atoms with Crippen LogP contribution >= 0.6 is 0 Å². The van der Waals surface area contributed by atoms with Crippen molar-refractivity contribution in [2.24, 2.45) is 0 Å². The number of hydrogen-bond acceptors (Lipinski definition) is 2. The molecule has 1 aliphatic heterocycles. The Hall–Kier alpha value is -2.78. The second kappa shape index (κ2) is 5.64. The van der Waals surface area contributed by atoms with Crippen LogP contribution in [0.4, 0.5) is 4.39 Å². The van der Waals surface area contributed by atoms with Crippen LogP contribution in [0.1, 0.15) is 11.1 Å². The van der Waals surface area contributed by atoms with Gasteiger partial charge < -0.3 is 5.32 Å². The maximum absolute atomic E-state index is 14.4. The number of fused-ring (bicyclic) bond motifs is 5. The summed E-state index contributed by atoms with van der Waals surface area (Å²) in [6, 6.07) is 19.5. The first-order chi connectivity index (χ1) is 12.3. The molecule has 4 aromatic rings. The lowest BCUT2D eigenvalue weighted by Gasteiger charge is -2.23. The number of pyridine rings is 1. The Kier molecular flexibility index (Phi) is 3.28. The van der Waals surface area contributed by atoms with E-state index in [2.05, 4.69) is 41.7 Å². The van der Waals surface area contributed by atoms with Gasteiger partial charge in [0.25, 0.3) is 0 Å². The molecule has 0 bridgehead atoms. The van der Waals surface area contributed by atoms with Crippen LogP contribution in [0.2, 0.25) is 0 Å². The molecule has 0 aliphatic carbocycles. The maximum Gasteiger partial charge on any atom is 0.132 e. The molecule has 0 saturated carbocycles. The van der Waals surface area contributed by atoms with Crippen LogP contribution in [-0.4, -0.2) is 11.5 Å². The highest BCUT2D eigenvalue weighted by molar-refractivity contribution is 6.09. The summed E-state index contributed by atoms with van der Waals surface area (Å²) in [5.74, 6) is -0.220. The fraction of sp³-hybridized carbons (Fsp3) is 0.136. The maximum atomic E-state index is 14.4. The third-order valence-electron chi connectivity index (χ3n) is 5.07. The van der Waals surface area contributed by atoms with Crippen LogP contribution in [-0.2, 0) is 13.0 Å². The second-order valence-electron chi connectivity index (χ2n) is 6.50. The van der Waals surface area contributed by atoms with E-state index in [1.54, 1.807) is 6.07 Å². The number of halogens is 1. The van der Waals surface area contributed by atoms with Gasteiger partial charge in [-0.2, -0.15) is 0 Å². The van der Waals surface area contributed by atoms with Gasteiger partial charge >= 0.3 is 0 Å². The zero-order valence-electron chi connectivity index (χ0n) is 13.7. The fourth-order valence-electron chi connectivity index (χ4n) is 3.92. The lowest BCUT2D eigenvalue weighted by molar-refractivity contribution is 0.626. The van der Waals surface area contributed by atoms with Gasteiger partial charge in [0.05, 0.1) is 11.2 Å². The SMILES string of the molecule is Fc1ccccc1-c1nc2ccc3ccccc3c2c2c1CNCC2. The van der Waals surface area contributed by atoms with E-state index in [9.17, 15) is 4.39 Å². The van der Waals surface area contributed by atoms with Gasteiger partial charge in [0, 0.05) is 17.5 Å². The summed E-state index contributed by atoms with van der Waals surface area (Å²) in [6.07, 6.45) is 0.934. The molecular weight excluding hydrogens is 311 g/mol. The number of benzene rings is 3.